The van der Waals surface area contributed by atoms with E-state index in [0.29, 0.717) is 0 Å². The Kier molecular flexibility index (Phi) is 5.41. The third-order valence-electron chi connectivity index (χ3n) is 4.02. The molecule has 0 bridgehead atoms. The molecule has 1 atom stereocenters. The van der Waals surface area contributed by atoms with Gasteiger partial charge < -0.3 is 10.0 Å². The van der Waals surface area contributed by atoms with Crippen LogP contribution in [0.4, 0.5) is 0 Å². The van der Waals surface area contributed by atoms with Crippen molar-refractivity contribution in [2.75, 3.05) is 19.6 Å². The highest BCUT2D eigenvalue weighted by Gasteiger charge is 2.24. The third-order valence-corrected chi connectivity index (χ3v) is 4.02. The van der Waals surface area contributed by atoms with Gasteiger partial charge in [-0.25, -0.2) is 0 Å². The molecule has 0 amide bonds. The fraction of sp³-hybridized carbons (Fsp3) is 0.647. The molecule has 0 saturated heterocycles. The minimum Gasteiger partial charge on any atom is -0.388 e. The van der Waals surface area contributed by atoms with Crippen molar-refractivity contribution in [3.8, 4) is 0 Å². The Labute approximate surface area is 117 Å². The van der Waals surface area contributed by atoms with Gasteiger partial charge in [0.25, 0.3) is 0 Å². The maximum absolute atomic E-state index is 10.3. The molecule has 1 saturated carbocycles. The van der Waals surface area contributed by atoms with Crippen LogP contribution in [0.2, 0.25) is 0 Å². The van der Waals surface area contributed by atoms with Crippen molar-refractivity contribution in [3.05, 3.63) is 35.4 Å². The monoisotopic (exact) mass is 261 g/mol. The van der Waals surface area contributed by atoms with Gasteiger partial charge in [0, 0.05) is 13.1 Å². The first kappa shape index (κ1) is 14.5. The summed E-state index contributed by atoms with van der Waals surface area (Å²) >= 11 is 0. The van der Waals surface area contributed by atoms with Gasteiger partial charge in [-0.15, -0.1) is 0 Å². The van der Waals surface area contributed by atoms with Crippen LogP contribution < -0.4 is 0 Å². The molecule has 2 nitrogen and oxygen atoms in total. The number of rotatable bonds is 8. The van der Waals surface area contributed by atoms with E-state index in [9.17, 15) is 5.11 Å². The predicted octanol–water partition coefficient (Wildman–Crippen LogP) is 3.54. The van der Waals surface area contributed by atoms with Crippen LogP contribution in [0.3, 0.4) is 0 Å². The minimum absolute atomic E-state index is 0.320. The first-order valence-electron chi connectivity index (χ1n) is 7.66. The van der Waals surface area contributed by atoms with E-state index in [1.165, 1.54) is 31.4 Å². The van der Waals surface area contributed by atoms with Crippen molar-refractivity contribution in [3.63, 3.8) is 0 Å². The van der Waals surface area contributed by atoms with Gasteiger partial charge in [-0.2, -0.15) is 0 Å². The van der Waals surface area contributed by atoms with E-state index in [2.05, 4.69) is 24.8 Å². The first-order valence-corrected chi connectivity index (χ1v) is 7.66. The quantitative estimate of drug-likeness (QED) is 0.773. The van der Waals surface area contributed by atoms with E-state index in [1.807, 2.05) is 18.2 Å². The molecule has 0 aliphatic heterocycles. The summed E-state index contributed by atoms with van der Waals surface area (Å²) in [6.07, 6.45) is 4.53. The van der Waals surface area contributed by atoms with Gasteiger partial charge in [-0.1, -0.05) is 31.2 Å². The summed E-state index contributed by atoms with van der Waals surface area (Å²) in [4.78, 5) is 2.53. The number of aliphatic hydroxyl groups excluding tert-OH is 1. The summed E-state index contributed by atoms with van der Waals surface area (Å²) in [6.45, 7) is 7.72. The standard InChI is InChI=1S/C17H27NO/c1-3-11-18(13-15-8-9-15)12-10-17(19)16-7-5-4-6-14(16)2/h4-7,15,17,19H,3,8-13H2,1-2H3. The molecule has 2 rings (SSSR count). The lowest BCUT2D eigenvalue weighted by molar-refractivity contribution is 0.139. The third kappa shape index (κ3) is 4.63. The molecule has 0 aromatic heterocycles. The Hall–Kier alpha value is -0.860. The molecule has 1 aromatic rings. The zero-order chi connectivity index (χ0) is 13.7. The van der Waals surface area contributed by atoms with Crippen LogP contribution in [0.5, 0.6) is 0 Å². The molecule has 1 aliphatic rings. The van der Waals surface area contributed by atoms with Crippen molar-refractivity contribution in [1.82, 2.24) is 4.90 Å². The number of benzene rings is 1. The second-order valence-electron chi connectivity index (χ2n) is 5.91. The Morgan fingerprint density at radius 2 is 2.00 bits per heavy atom. The van der Waals surface area contributed by atoms with Crippen LogP contribution in [0, 0.1) is 12.8 Å². The second-order valence-corrected chi connectivity index (χ2v) is 5.91. The zero-order valence-electron chi connectivity index (χ0n) is 12.3. The summed E-state index contributed by atoms with van der Waals surface area (Å²) in [5, 5.41) is 10.3. The molecular formula is C17H27NO. The van der Waals surface area contributed by atoms with Crippen LogP contribution in [0.25, 0.3) is 0 Å². The van der Waals surface area contributed by atoms with Gasteiger partial charge >= 0.3 is 0 Å². The van der Waals surface area contributed by atoms with E-state index in [0.717, 1.165) is 31.0 Å². The van der Waals surface area contributed by atoms with Crippen molar-refractivity contribution < 1.29 is 5.11 Å². The molecule has 1 fully saturated rings. The molecule has 19 heavy (non-hydrogen) atoms. The van der Waals surface area contributed by atoms with Gasteiger partial charge in [0.2, 0.25) is 0 Å². The van der Waals surface area contributed by atoms with Crippen molar-refractivity contribution >= 4 is 0 Å². The van der Waals surface area contributed by atoms with Crippen LogP contribution in [0.1, 0.15) is 49.8 Å². The van der Waals surface area contributed by atoms with E-state index in [1.54, 1.807) is 0 Å². The maximum Gasteiger partial charge on any atom is 0.0804 e. The summed E-state index contributed by atoms with van der Waals surface area (Å²) in [5.74, 6) is 0.933. The molecular weight excluding hydrogens is 234 g/mol. The van der Waals surface area contributed by atoms with Crippen LogP contribution in [-0.4, -0.2) is 29.6 Å². The van der Waals surface area contributed by atoms with Crippen LogP contribution in [0.15, 0.2) is 24.3 Å². The van der Waals surface area contributed by atoms with E-state index < -0.39 is 0 Å². The van der Waals surface area contributed by atoms with Gasteiger partial charge in [-0.05, 0) is 56.2 Å². The number of aliphatic hydroxyl groups is 1. The molecule has 2 heteroatoms. The minimum atomic E-state index is -0.320. The van der Waals surface area contributed by atoms with Gasteiger partial charge in [0.05, 0.1) is 6.10 Å². The zero-order valence-corrected chi connectivity index (χ0v) is 12.3. The van der Waals surface area contributed by atoms with E-state index >= 15 is 0 Å². The Bertz CT molecular complexity index is 387. The summed E-state index contributed by atoms with van der Waals surface area (Å²) in [7, 11) is 0. The summed E-state index contributed by atoms with van der Waals surface area (Å²) in [5.41, 5.74) is 2.28. The maximum atomic E-state index is 10.3. The molecule has 0 spiro atoms. The van der Waals surface area contributed by atoms with E-state index in [-0.39, 0.29) is 6.10 Å². The largest absolute Gasteiger partial charge is 0.388 e. The topological polar surface area (TPSA) is 23.5 Å². The highest BCUT2D eigenvalue weighted by molar-refractivity contribution is 5.27. The molecule has 1 N–H and O–H groups in total. The Morgan fingerprint density at radius 3 is 2.63 bits per heavy atom. The van der Waals surface area contributed by atoms with Crippen molar-refractivity contribution in [2.45, 2.75) is 45.6 Å². The molecule has 1 aromatic carbocycles. The normalized spacial score (nSPS) is 16.8. The number of hydrogen-bond donors (Lipinski definition) is 1. The summed E-state index contributed by atoms with van der Waals surface area (Å²) < 4.78 is 0. The van der Waals surface area contributed by atoms with Gasteiger partial charge in [0.15, 0.2) is 0 Å². The Balaban J connectivity index is 1.83. The molecule has 106 valence electrons. The fourth-order valence-corrected chi connectivity index (χ4v) is 2.70. The molecule has 1 unspecified atom stereocenters. The van der Waals surface area contributed by atoms with E-state index in [4.69, 9.17) is 0 Å². The van der Waals surface area contributed by atoms with Crippen molar-refractivity contribution in [2.24, 2.45) is 5.92 Å². The predicted molar refractivity (Wildman–Crippen MR) is 80.2 cm³/mol. The van der Waals surface area contributed by atoms with Gasteiger partial charge in [0.1, 0.15) is 0 Å². The van der Waals surface area contributed by atoms with Gasteiger partial charge in [-0.3, -0.25) is 0 Å². The average molecular weight is 261 g/mol. The summed E-state index contributed by atoms with van der Waals surface area (Å²) in [6, 6.07) is 8.17. The fourth-order valence-electron chi connectivity index (χ4n) is 2.70. The first-order chi connectivity index (χ1) is 9.20. The number of nitrogens with zero attached hydrogens (tertiary/aromatic N) is 1. The lowest BCUT2D eigenvalue weighted by atomic mass is 10.0. The highest BCUT2D eigenvalue weighted by atomic mass is 16.3. The SMILES string of the molecule is CCCN(CCC(O)c1ccccc1C)CC1CC1. The molecule has 0 radical (unpaired) electrons. The lowest BCUT2D eigenvalue weighted by Gasteiger charge is -2.23. The highest BCUT2D eigenvalue weighted by Crippen LogP contribution is 2.30. The Morgan fingerprint density at radius 1 is 1.26 bits per heavy atom. The van der Waals surface area contributed by atoms with Crippen LogP contribution in [-0.2, 0) is 0 Å². The number of hydrogen-bond acceptors (Lipinski definition) is 2. The average Bonchev–Trinajstić information content (AvgIpc) is 3.20. The number of aryl methyl sites for hydroxylation is 1. The second kappa shape index (κ2) is 7.06. The lowest BCUT2D eigenvalue weighted by Crippen LogP contribution is -2.29. The molecule has 0 heterocycles. The molecule has 1 aliphatic carbocycles. The van der Waals surface area contributed by atoms with Crippen LogP contribution >= 0.6 is 0 Å². The smallest absolute Gasteiger partial charge is 0.0804 e. The van der Waals surface area contributed by atoms with Crippen molar-refractivity contribution in [1.29, 1.82) is 0 Å².